The van der Waals surface area contributed by atoms with E-state index in [4.69, 9.17) is 28.3 Å². The molecule has 0 aliphatic rings. The van der Waals surface area contributed by atoms with E-state index in [-0.39, 0.29) is 6.54 Å². The lowest BCUT2D eigenvalue weighted by Crippen LogP contribution is -2.02. The van der Waals surface area contributed by atoms with E-state index in [1.165, 1.54) is 0 Å². The first-order valence-corrected chi connectivity index (χ1v) is 6.98. The second-order valence-electron chi connectivity index (χ2n) is 4.01. The molecule has 0 aliphatic heterocycles. The Morgan fingerprint density at radius 1 is 1.05 bits per heavy atom. The highest BCUT2D eigenvalue weighted by molar-refractivity contribution is 9.10. The number of benzene rings is 2. The van der Waals surface area contributed by atoms with Gasteiger partial charge >= 0.3 is 0 Å². The Balaban J connectivity index is 2.21. The third-order valence-electron chi connectivity index (χ3n) is 2.55. The fraction of sp³-hybridized carbons (Fsp3) is 0.0769. The van der Waals surface area contributed by atoms with Gasteiger partial charge in [-0.2, -0.15) is 0 Å². The monoisotopic (exact) mass is 381 g/mol. The number of phenolic OH excluding ortho intramolecular Hbond substituents is 1. The predicted molar refractivity (Wildman–Crippen MR) is 79.5 cm³/mol. The molecule has 0 bridgehead atoms. The van der Waals surface area contributed by atoms with Gasteiger partial charge in [0.15, 0.2) is 17.4 Å². The van der Waals surface area contributed by atoms with Crippen molar-refractivity contribution in [1.82, 2.24) is 0 Å². The topological polar surface area (TPSA) is 32.3 Å². The van der Waals surface area contributed by atoms with Crippen LogP contribution in [0.15, 0.2) is 28.7 Å². The highest BCUT2D eigenvalue weighted by Crippen LogP contribution is 2.34. The minimum Gasteiger partial charge on any atom is -0.503 e. The summed E-state index contributed by atoms with van der Waals surface area (Å²) < 4.78 is 27.1. The van der Waals surface area contributed by atoms with E-state index in [1.807, 2.05) is 0 Å². The second kappa shape index (κ2) is 6.16. The summed E-state index contributed by atoms with van der Waals surface area (Å²) in [6, 6.07) is 5.36. The van der Waals surface area contributed by atoms with Gasteiger partial charge in [0.25, 0.3) is 0 Å². The number of aromatic hydroxyl groups is 1. The van der Waals surface area contributed by atoms with Gasteiger partial charge in [0.05, 0.1) is 15.7 Å². The van der Waals surface area contributed by atoms with Crippen LogP contribution in [0.3, 0.4) is 0 Å². The highest BCUT2D eigenvalue weighted by atomic mass is 79.9. The lowest BCUT2D eigenvalue weighted by atomic mass is 10.2. The average molecular weight is 383 g/mol. The highest BCUT2D eigenvalue weighted by Gasteiger charge is 2.11. The molecule has 7 heteroatoms. The Morgan fingerprint density at radius 3 is 2.05 bits per heavy atom. The zero-order chi connectivity index (χ0) is 14.9. The quantitative estimate of drug-likeness (QED) is 0.749. The van der Waals surface area contributed by atoms with Gasteiger partial charge in [-0.15, -0.1) is 0 Å². The average Bonchev–Trinajstić information content (AvgIpc) is 2.34. The maximum absolute atomic E-state index is 13.2. The standard InChI is InChI=1S/C13H8BrCl2F2NO/c14-7-3-8(15)12(9(16)4-7)19-5-6-1-10(17)13(20)11(18)2-6/h1-4,19-20H,5H2. The molecule has 20 heavy (non-hydrogen) atoms. The Labute approximate surface area is 132 Å². The molecule has 106 valence electrons. The van der Waals surface area contributed by atoms with Crippen molar-refractivity contribution in [3.8, 4) is 5.75 Å². The van der Waals surface area contributed by atoms with Gasteiger partial charge in [-0.3, -0.25) is 0 Å². The number of rotatable bonds is 3. The molecule has 0 atom stereocenters. The van der Waals surface area contributed by atoms with Crippen LogP contribution in [0, 0.1) is 11.6 Å². The fourth-order valence-electron chi connectivity index (χ4n) is 1.62. The SMILES string of the molecule is Oc1c(F)cc(CNc2c(Cl)cc(Br)cc2Cl)cc1F. The first-order valence-electron chi connectivity index (χ1n) is 5.44. The molecule has 2 N–H and O–H groups in total. The van der Waals surface area contributed by atoms with Crippen LogP contribution in [-0.2, 0) is 6.54 Å². The van der Waals surface area contributed by atoms with Crippen LogP contribution in [0.5, 0.6) is 5.75 Å². The van der Waals surface area contributed by atoms with Crippen molar-refractivity contribution in [2.24, 2.45) is 0 Å². The third-order valence-corrected chi connectivity index (χ3v) is 3.61. The Kier molecular flexibility index (Phi) is 4.73. The summed E-state index contributed by atoms with van der Waals surface area (Å²) in [6.07, 6.45) is 0. The first kappa shape index (κ1) is 15.4. The summed E-state index contributed by atoms with van der Waals surface area (Å²) in [5.74, 6) is -3.03. The number of hydrogen-bond acceptors (Lipinski definition) is 2. The smallest absolute Gasteiger partial charge is 0.187 e. The summed E-state index contributed by atoms with van der Waals surface area (Å²) >= 11 is 15.3. The van der Waals surface area contributed by atoms with Crippen LogP contribution in [0.25, 0.3) is 0 Å². The molecule has 0 unspecified atom stereocenters. The van der Waals surface area contributed by atoms with Crippen molar-refractivity contribution >= 4 is 44.8 Å². The molecule has 0 saturated heterocycles. The summed E-state index contributed by atoms with van der Waals surface area (Å²) in [5.41, 5.74) is 0.776. The van der Waals surface area contributed by atoms with Crippen LogP contribution in [-0.4, -0.2) is 5.11 Å². The molecule has 0 radical (unpaired) electrons. The van der Waals surface area contributed by atoms with Crippen molar-refractivity contribution in [3.05, 3.63) is 56.0 Å². The van der Waals surface area contributed by atoms with Gasteiger partial charge in [-0.05, 0) is 29.8 Å². The zero-order valence-electron chi connectivity index (χ0n) is 9.85. The number of hydrogen-bond donors (Lipinski definition) is 2. The van der Waals surface area contributed by atoms with E-state index in [0.29, 0.717) is 21.3 Å². The molecule has 0 spiro atoms. The molecule has 0 fully saturated rings. The van der Waals surface area contributed by atoms with E-state index in [1.54, 1.807) is 12.1 Å². The van der Waals surface area contributed by atoms with Crippen LogP contribution < -0.4 is 5.32 Å². The molecule has 2 nitrogen and oxygen atoms in total. The summed E-state index contributed by atoms with van der Waals surface area (Å²) in [4.78, 5) is 0. The largest absolute Gasteiger partial charge is 0.503 e. The summed E-state index contributed by atoms with van der Waals surface area (Å²) in [5, 5.41) is 12.7. The van der Waals surface area contributed by atoms with E-state index in [2.05, 4.69) is 21.2 Å². The summed E-state index contributed by atoms with van der Waals surface area (Å²) in [6.45, 7) is 0.106. The zero-order valence-corrected chi connectivity index (χ0v) is 13.0. The number of anilines is 1. The van der Waals surface area contributed by atoms with Gasteiger partial charge in [-0.1, -0.05) is 39.1 Å². The van der Waals surface area contributed by atoms with Crippen molar-refractivity contribution in [3.63, 3.8) is 0 Å². The molecule has 2 aromatic rings. The lowest BCUT2D eigenvalue weighted by molar-refractivity contribution is 0.395. The van der Waals surface area contributed by atoms with Crippen LogP contribution in [0.2, 0.25) is 10.0 Å². The number of halogens is 5. The molecule has 0 aromatic heterocycles. The molecule has 0 saturated carbocycles. The van der Waals surface area contributed by atoms with E-state index in [9.17, 15) is 8.78 Å². The molecule has 0 amide bonds. The molecular weight excluding hydrogens is 375 g/mol. The van der Waals surface area contributed by atoms with Crippen LogP contribution in [0.1, 0.15) is 5.56 Å². The van der Waals surface area contributed by atoms with Crippen molar-refractivity contribution < 1.29 is 13.9 Å². The molecule has 0 heterocycles. The van der Waals surface area contributed by atoms with Gasteiger partial charge in [0.1, 0.15) is 0 Å². The molecule has 2 aromatic carbocycles. The normalized spacial score (nSPS) is 10.7. The first-order chi connectivity index (χ1) is 9.38. The predicted octanol–water partition coefficient (Wildman–Crippen LogP) is 5.35. The third kappa shape index (κ3) is 3.34. The minimum atomic E-state index is -1.02. The van der Waals surface area contributed by atoms with Crippen LogP contribution >= 0.6 is 39.1 Å². The summed E-state index contributed by atoms with van der Waals surface area (Å²) in [7, 11) is 0. The van der Waals surface area contributed by atoms with E-state index < -0.39 is 17.4 Å². The van der Waals surface area contributed by atoms with E-state index in [0.717, 1.165) is 16.6 Å². The fourth-order valence-corrected chi connectivity index (χ4v) is 2.96. The van der Waals surface area contributed by atoms with Gasteiger partial charge in [-0.25, -0.2) is 8.78 Å². The number of phenols is 1. The minimum absolute atomic E-state index is 0.106. The molecular formula is C13H8BrCl2F2NO. The van der Waals surface area contributed by atoms with Crippen molar-refractivity contribution in [2.75, 3.05) is 5.32 Å². The Morgan fingerprint density at radius 2 is 1.55 bits per heavy atom. The Hall–Kier alpha value is -1.04. The lowest BCUT2D eigenvalue weighted by Gasteiger charge is -2.11. The van der Waals surface area contributed by atoms with E-state index >= 15 is 0 Å². The van der Waals surface area contributed by atoms with Crippen molar-refractivity contribution in [1.29, 1.82) is 0 Å². The Bertz CT molecular complexity index is 621. The molecule has 2 rings (SSSR count). The maximum atomic E-state index is 13.2. The van der Waals surface area contributed by atoms with Gasteiger partial charge < -0.3 is 10.4 Å². The van der Waals surface area contributed by atoms with Crippen LogP contribution in [0.4, 0.5) is 14.5 Å². The van der Waals surface area contributed by atoms with Gasteiger partial charge in [0.2, 0.25) is 0 Å². The van der Waals surface area contributed by atoms with Gasteiger partial charge in [0, 0.05) is 11.0 Å². The van der Waals surface area contributed by atoms with Crippen molar-refractivity contribution in [2.45, 2.75) is 6.54 Å². The maximum Gasteiger partial charge on any atom is 0.187 e. The molecule has 0 aliphatic carbocycles. The second-order valence-corrected chi connectivity index (χ2v) is 5.74. The number of nitrogens with one attached hydrogen (secondary N) is 1.